The Morgan fingerprint density at radius 2 is 1.70 bits per heavy atom. The van der Waals surface area contributed by atoms with Gasteiger partial charge in [-0.25, -0.2) is 0 Å². The lowest BCUT2D eigenvalue weighted by Crippen LogP contribution is -2.23. The third-order valence-electron chi connectivity index (χ3n) is 3.98. The number of halogens is 1. The summed E-state index contributed by atoms with van der Waals surface area (Å²) in [6.45, 7) is 6.28. The van der Waals surface area contributed by atoms with Gasteiger partial charge in [-0.05, 0) is 41.3 Å². The molecule has 2 aromatic carbocycles. The third-order valence-corrected chi connectivity index (χ3v) is 4.31. The van der Waals surface area contributed by atoms with E-state index >= 15 is 0 Å². The normalized spacial score (nSPS) is 11.0. The summed E-state index contributed by atoms with van der Waals surface area (Å²) in [5.41, 5.74) is 2.07. The molecule has 2 rings (SSSR count). The Labute approximate surface area is 165 Å². The first kappa shape index (κ1) is 20.8. The van der Waals surface area contributed by atoms with Crippen LogP contribution in [0.5, 0.6) is 5.75 Å². The predicted octanol–water partition coefficient (Wildman–Crippen LogP) is 4.36. The molecular formula is C21H25ClN2O3. The molecule has 0 aliphatic rings. The van der Waals surface area contributed by atoms with E-state index in [0.29, 0.717) is 22.0 Å². The Morgan fingerprint density at radius 3 is 2.26 bits per heavy atom. The van der Waals surface area contributed by atoms with E-state index in [1.54, 1.807) is 32.3 Å². The van der Waals surface area contributed by atoms with Gasteiger partial charge in [0.2, 0.25) is 0 Å². The number of carbonyl (C=O) groups is 2. The Balaban J connectivity index is 1.98. The molecule has 2 amide bonds. The van der Waals surface area contributed by atoms with Gasteiger partial charge in [-0.3, -0.25) is 9.59 Å². The van der Waals surface area contributed by atoms with Crippen LogP contribution in [0.15, 0.2) is 42.5 Å². The maximum Gasteiger partial charge on any atom is 0.262 e. The Bertz CT molecular complexity index is 824. The number of ether oxygens (including phenoxy) is 1. The first-order valence-electron chi connectivity index (χ1n) is 8.62. The summed E-state index contributed by atoms with van der Waals surface area (Å²) in [7, 11) is 3.28. The van der Waals surface area contributed by atoms with Gasteiger partial charge in [-0.1, -0.05) is 44.5 Å². The summed E-state index contributed by atoms with van der Waals surface area (Å²) in [5.74, 6) is 0.0736. The van der Waals surface area contributed by atoms with Gasteiger partial charge in [0.25, 0.3) is 11.8 Å². The van der Waals surface area contributed by atoms with Gasteiger partial charge in [-0.15, -0.1) is 0 Å². The number of rotatable bonds is 5. The summed E-state index contributed by atoms with van der Waals surface area (Å²) >= 11 is 6.07. The second-order valence-corrected chi connectivity index (χ2v) is 7.91. The molecule has 0 saturated heterocycles. The fraction of sp³-hybridized carbons (Fsp3) is 0.333. The van der Waals surface area contributed by atoms with Crippen molar-refractivity contribution in [3.8, 4) is 5.75 Å². The zero-order valence-electron chi connectivity index (χ0n) is 16.3. The number of amides is 2. The van der Waals surface area contributed by atoms with E-state index in [1.165, 1.54) is 10.5 Å². The zero-order valence-corrected chi connectivity index (χ0v) is 17.1. The van der Waals surface area contributed by atoms with E-state index in [9.17, 15) is 9.59 Å². The third kappa shape index (κ3) is 5.73. The molecule has 0 bridgehead atoms. The smallest absolute Gasteiger partial charge is 0.262 e. The molecule has 0 unspecified atom stereocenters. The molecule has 144 valence electrons. The monoisotopic (exact) mass is 388 g/mol. The van der Waals surface area contributed by atoms with Crippen LogP contribution in [0.3, 0.4) is 0 Å². The van der Waals surface area contributed by atoms with Crippen LogP contribution in [-0.4, -0.2) is 37.4 Å². The number of benzene rings is 2. The molecule has 0 saturated carbocycles. The Kier molecular flexibility index (Phi) is 6.50. The van der Waals surface area contributed by atoms with Crippen LogP contribution in [0, 0.1) is 0 Å². The molecule has 0 aliphatic carbocycles. The van der Waals surface area contributed by atoms with Gasteiger partial charge < -0.3 is 15.0 Å². The van der Waals surface area contributed by atoms with E-state index in [1.807, 2.05) is 24.3 Å². The topological polar surface area (TPSA) is 58.6 Å². The highest BCUT2D eigenvalue weighted by molar-refractivity contribution is 6.34. The largest absolute Gasteiger partial charge is 0.484 e. The Hall–Kier alpha value is -2.53. The molecule has 5 nitrogen and oxygen atoms in total. The van der Waals surface area contributed by atoms with Gasteiger partial charge in [-0.2, -0.15) is 0 Å². The molecule has 2 aromatic rings. The molecule has 27 heavy (non-hydrogen) atoms. The van der Waals surface area contributed by atoms with Crippen molar-refractivity contribution in [2.24, 2.45) is 0 Å². The van der Waals surface area contributed by atoms with Crippen molar-refractivity contribution in [2.45, 2.75) is 26.2 Å². The van der Waals surface area contributed by atoms with Crippen molar-refractivity contribution in [2.75, 3.05) is 26.0 Å². The molecular weight excluding hydrogens is 364 g/mol. The number of anilines is 1. The number of nitrogens with one attached hydrogen (secondary N) is 1. The van der Waals surface area contributed by atoms with Crippen LogP contribution in [0.4, 0.5) is 5.69 Å². The molecule has 0 spiro atoms. The predicted molar refractivity (Wildman–Crippen MR) is 109 cm³/mol. The summed E-state index contributed by atoms with van der Waals surface area (Å²) in [4.78, 5) is 25.7. The van der Waals surface area contributed by atoms with Crippen LogP contribution < -0.4 is 10.1 Å². The van der Waals surface area contributed by atoms with Crippen molar-refractivity contribution in [3.05, 3.63) is 58.6 Å². The van der Waals surface area contributed by atoms with E-state index in [0.717, 1.165) is 0 Å². The average Bonchev–Trinajstić information content (AvgIpc) is 2.60. The van der Waals surface area contributed by atoms with Gasteiger partial charge in [0, 0.05) is 19.8 Å². The van der Waals surface area contributed by atoms with Crippen molar-refractivity contribution < 1.29 is 14.3 Å². The minimum atomic E-state index is -0.319. The van der Waals surface area contributed by atoms with E-state index in [-0.39, 0.29) is 23.8 Å². The lowest BCUT2D eigenvalue weighted by atomic mass is 9.87. The highest BCUT2D eigenvalue weighted by atomic mass is 35.5. The van der Waals surface area contributed by atoms with Gasteiger partial charge in [0.1, 0.15) is 5.75 Å². The van der Waals surface area contributed by atoms with Crippen molar-refractivity contribution in [1.29, 1.82) is 0 Å². The summed E-state index contributed by atoms with van der Waals surface area (Å²) in [6, 6.07) is 12.5. The minimum absolute atomic E-state index is 0.0617. The average molecular weight is 389 g/mol. The van der Waals surface area contributed by atoms with Gasteiger partial charge >= 0.3 is 0 Å². The molecule has 0 radical (unpaired) electrons. The molecule has 0 atom stereocenters. The summed E-state index contributed by atoms with van der Waals surface area (Å²) in [5, 5.41) is 3.05. The molecule has 0 fully saturated rings. The Morgan fingerprint density at radius 1 is 1.07 bits per heavy atom. The van der Waals surface area contributed by atoms with Crippen LogP contribution in [0.1, 0.15) is 36.7 Å². The number of hydrogen-bond acceptors (Lipinski definition) is 3. The molecule has 0 heterocycles. The van der Waals surface area contributed by atoms with Crippen molar-refractivity contribution in [1.82, 2.24) is 4.90 Å². The minimum Gasteiger partial charge on any atom is -0.484 e. The highest BCUT2D eigenvalue weighted by Crippen LogP contribution is 2.24. The van der Waals surface area contributed by atoms with E-state index in [4.69, 9.17) is 16.3 Å². The molecule has 6 heteroatoms. The number of carbonyl (C=O) groups excluding carboxylic acids is 2. The van der Waals surface area contributed by atoms with Crippen LogP contribution >= 0.6 is 11.6 Å². The first-order chi connectivity index (χ1) is 12.6. The van der Waals surface area contributed by atoms with E-state index < -0.39 is 0 Å². The fourth-order valence-electron chi connectivity index (χ4n) is 2.40. The second-order valence-electron chi connectivity index (χ2n) is 7.51. The summed E-state index contributed by atoms with van der Waals surface area (Å²) < 4.78 is 5.53. The standard InChI is InChI=1S/C21H25ClN2O3/c1-21(2,3)14-6-9-16(10-7-14)27-13-19(25)23-15-8-11-18(22)17(12-15)20(26)24(4)5/h6-12H,13H2,1-5H3,(H,23,25). The maximum atomic E-state index is 12.1. The molecule has 1 N–H and O–H groups in total. The first-order valence-corrected chi connectivity index (χ1v) is 9.00. The fourth-order valence-corrected chi connectivity index (χ4v) is 2.60. The SMILES string of the molecule is CN(C)C(=O)c1cc(NC(=O)COc2ccc(C(C)(C)C)cc2)ccc1Cl. The number of hydrogen-bond donors (Lipinski definition) is 1. The van der Waals surface area contributed by atoms with Crippen LogP contribution in [0.25, 0.3) is 0 Å². The van der Waals surface area contributed by atoms with Crippen molar-refractivity contribution >= 4 is 29.1 Å². The van der Waals surface area contributed by atoms with Crippen LogP contribution in [-0.2, 0) is 10.2 Å². The van der Waals surface area contributed by atoms with Gasteiger partial charge in [0.05, 0.1) is 10.6 Å². The van der Waals surface area contributed by atoms with Crippen LogP contribution in [0.2, 0.25) is 5.02 Å². The lowest BCUT2D eigenvalue weighted by Gasteiger charge is -2.19. The molecule has 0 aromatic heterocycles. The van der Waals surface area contributed by atoms with Crippen molar-refractivity contribution in [3.63, 3.8) is 0 Å². The molecule has 0 aliphatic heterocycles. The second kappa shape index (κ2) is 8.44. The quantitative estimate of drug-likeness (QED) is 0.828. The summed E-state index contributed by atoms with van der Waals surface area (Å²) in [6.07, 6.45) is 0. The zero-order chi connectivity index (χ0) is 20.2. The van der Waals surface area contributed by atoms with E-state index in [2.05, 4.69) is 26.1 Å². The highest BCUT2D eigenvalue weighted by Gasteiger charge is 2.15. The maximum absolute atomic E-state index is 12.1. The number of nitrogens with zero attached hydrogens (tertiary/aromatic N) is 1. The lowest BCUT2D eigenvalue weighted by molar-refractivity contribution is -0.118. The van der Waals surface area contributed by atoms with Gasteiger partial charge in [0.15, 0.2) is 6.61 Å².